The van der Waals surface area contributed by atoms with E-state index in [0.29, 0.717) is 27.6 Å². The molecule has 0 aromatic heterocycles. The lowest BCUT2D eigenvalue weighted by atomic mass is 9.76. The molecule has 0 spiro atoms. The van der Waals surface area contributed by atoms with Crippen molar-refractivity contribution in [3.8, 4) is 0 Å². The van der Waals surface area contributed by atoms with Crippen LogP contribution >= 0.6 is 23.2 Å². The summed E-state index contributed by atoms with van der Waals surface area (Å²) in [5, 5.41) is 1.58. The van der Waals surface area contributed by atoms with Gasteiger partial charge < -0.3 is 0 Å². The average Bonchev–Trinajstić information content (AvgIpc) is 3.17. The van der Waals surface area contributed by atoms with E-state index in [1.165, 1.54) is 18.2 Å². The molecule has 1 heterocycles. The average molecular weight is 516 g/mol. The van der Waals surface area contributed by atoms with Gasteiger partial charge in [-0.3, -0.25) is 9.18 Å². The summed E-state index contributed by atoms with van der Waals surface area (Å²) in [5.41, 5.74) is -0.838. The molecule has 0 saturated carbocycles. The van der Waals surface area contributed by atoms with Gasteiger partial charge in [0.1, 0.15) is 5.41 Å². The standard InChI is InChI=1S/C23H18Cl2F3NO3S/c1-33(30,31)32-12-14-6-7-20(19-5-3-2-4-18(14)19)21-11-22(13-29-21,23(26,27)28)15-8-16(24)10-17(25)9-15/h2-10H,11-13H2,1H3. The number of hydrogen-bond acceptors (Lipinski definition) is 4. The van der Waals surface area contributed by atoms with Crippen molar-refractivity contribution in [2.45, 2.75) is 24.6 Å². The zero-order valence-corrected chi connectivity index (χ0v) is 19.6. The highest BCUT2D eigenvalue weighted by Gasteiger charge is 2.58. The number of halogens is 5. The topological polar surface area (TPSA) is 55.7 Å². The van der Waals surface area contributed by atoms with E-state index < -0.39 is 28.3 Å². The first-order chi connectivity index (χ1) is 15.4. The fourth-order valence-corrected chi connectivity index (χ4v) is 4.96. The van der Waals surface area contributed by atoms with E-state index in [1.54, 1.807) is 36.4 Å². The number of nitrogens with zero attached hydrogens (tertiary/aromatic N) is 1. The molecule has 3 aromatic rings. The maximum absolute atomic E-state index is 14.4. The maximum Gasteiger partial charge on any atom is 0.400 e. The van der Waals surface area contributed by atoms with E-state index in [1.807, 2.05) is 0 Å². The number of hydrogen-bond donors (Lipinski definition) is 0. The van der Waals surface area contributed by atoms with Gasteiger partial charge in [0, 0.05) is 27.7 Å². The van der Waals surface area contributed by atoms with Gasteiger partial charge in [0.25, 0.3) is 10.1 Å². The summed E-state index contributed by atoms with van der Waals surface area (Å²) in [6.45, 7) is -0.671. The number of benzene rings is 3. The van der Waals surface area contributed by atoms with Crippen molar-refractivity contribution < 1.29 is 25.8 Å². The SMILES string of the molecule is CS(=O)(=O)OCc1ccc(C2=NCC(c3cc(Cl)cc(Cl)c3)(C(F)(F)F)C2)c2ccccc12. The molecule has 1 aliphatic rings. The minimum atomic E-state index is -4.59. The van der Waals surface area contributed by atoms with Crippen LogP contribution < -0.4 is 0 Å². The van der Waals surface area contributed by atoms with Crippen LogP contribution in [0.4, 0.5) is 13.2 Å². The molecule has 0 N–H and O–H groups in total. The van der Waals surface area contributed by atoms with Crippen LogP contribution in [-0.4, -0.2) is 33.1 Å². The summed E-state index contributed by atoms with van der Waals surface area (Å²) >= 11 is 12.0. The summed E-state index contributed by atoms with van der Waals surface area (Å²) in [5.74, 6) is 0. The Morgan fingerprint density at radius 1 is 1.03 bits per heavy atom. The zero-order valence-electron chi connectivity index (χ0n) is 17.3. The van der Waals surface area contributed by atoms with Gasteiger partial charge in [-0.2, -0.15) is 21.6 Å². The van der Waals surface area contributed by atoms with Crippen LogP contribution in [0.5, 0.6) is 0 Å². The van der Waals surface area contributed by atoms with Gasteiger partial charge in [-0.05, 0) is 40.1 Å². The molecule has 0 saturated heterocycles. The minimum absolute atomic E-state index is 0.0336. The molecule has 4 rings (SSSR count). The Morgan fingerprint density at radius 2 is 1.67 bits per heavy atom. The number of alkyl halides is 3. The monoisotopic (exact) mass is 515 g/mol. The summed E-state index contributed by atoms with van der Waals surface area (Å²) in [7, 11) is -3.66. The molecule has 33 heavy (non-hydrogen) atoms. The molecule has 3 aromatic carbocycles. The first-order valence-corrected chi connectivity index (χ1v) is 12.4. The fraction of sp³-hybridized carbons (Fsp3) is 0.261. The third-order valence-corrected chi connectivity index (χ3v) is 6.70. The predicted octanol–water partition coefficient (Wildman–Crippen LogP) is 6.32. The van der Waals surface area contributed by atoms with Crippen LogP contribution in [0, 0.1) is 0 Å². The second kappa shape index (κ2) is 8.58. The van der Waals surface area contributed by atoms with Crippen LogP contribution in [-0.2, 0) is 26.3 Å². The molecule has 0 fully saturated rings. The third-order valence-electron chi connectivity index (χ3n) is 5.72. The molecule has 1 atom stereocenters. The van der Waals surface area contributed by atoms with Gasteiger partial charge in [0.2, 0.25) is 0 Å². The molecule has 1 unspecified atom stereocenters. The van der Waals surface area contributed by atoms with Gasteiger partial charge in [0.05, 0.1) is 19.4 Å². The van der Waals surface area contributed by atoms with Crippen molar-refractivity contribution in [3.05, 3.63) is 81.3 Å². The van der Waals surface area contributed by atoms with Crippen molar-refractivity contribution in [2.24, 2.45) is 4.99 Å². The lowest BCUT2D eigenvalue weighted by Crippen LogP contribution is -2.43. The summed E-state index contributed by atoms with van der Waals surface area (Å²) in [6.07, 6.45) is -4.02. The highest BCUT2D eigenvalue weighted by Crippen LogP contribution is 2.49. The molecule has 0 aliphatic carbocycles. The van der Waals surface area contributed by atoms with Crippen LogP contribution in [0.3, 0.4) is 0 Å². The Labute approximate surface area is 199 Å². The quantitative estimate of drug-likeness (QED) is 0.373. The molecular weight excluding hydrogens is 498 g/mol. The lowest BCUT2D eigenvalue weighted by molar-refractivity contribution is -0.183. The normalized spacial score (nSPS) is 19.2. The van der Waals surface area contributed by atoms with E-state index >= 15 is 0 Å². The zero-order chi connectivity index (χ0) is 24.0. The van der Waals surface area contributed by atoms with Gasteiger partial charge in [-0.1, -0.05) is 59.6 Å². The Hall–Kier alpha value is -2.13. The number of rotatable bonds is 5. The first kappa shape index (κ1) is 24.0. The van der Waals surface area contributed by atoms with Crippen LogP contribution in [0.15, 0.2) is 59.6 Å². The molecule has 0 radical (unpaired) electrons. The fourth-order valence-electron chi connectivity index (χ4n) is 4.09. The van der Waals surface area contributed by atoms with Gasteiger partial charge >= 0.3 is 6.18 Å². The molecule has 174 valence electrons. The second-order valence-electron chi connectivity index (χ2n) is 7.96. The summed E-state index contributed by atoms with van der Waals surface area (Å²) in [6, 6.07) is 14.3. The third kappa shape index (κ3) is 4.75. The molecule has 4 nitrogen and oxygen atoms in total. The van der Waals surface area contributed by atoms with E-state index in [2.05, 4.69) is 4.99 Å². The van der Waals surface area contributed by atoms with Crippen molar-refractivity contribution in [3.63, 3.8) is 0 Å². The van der Waals surface area contributed by atoms with Crippen LogP contribution in [0.2, 0.25) is 10.0 Å². The van der Waals surface area contributed by atoms with Crippen molar-refractivity contribution in [1.82, 2.24) is 0 Å². The van der Waals surface area contributed by atoms with Crippen LogP contribution in [0.1, 0.15) is 23.1 Å². The summed E-state index contributed by atoms with van der Waals surface area (Å²) in [4.78, 5) is 4.31. The molecular formula is C23H18Cl2F3NO3S. The summed E-state index contributed by atoms with van der Waals surface area (Å²) < 4.78 is 70.9. The Kier molecular flexibility index (Phi) is 6.24. The highest BCUT2D eigenvalue weighted by molar-refractivity contribution is 7.85. The van der Waals surface area contributed by atoms with Gasteiger partial charge in [0.15, 0.2) is 0 Å². The van der Waals surface area contributed by atoms with Gasteiger partial charge in [-0.15, -0.1) is 0 Å². The smallest absolute Gasteiger partial charge is 0.288 e. The van der Waals surface area contributed by atoms with E-state index in [4.69, 9.17) is 27.4 Å². The molecule has 0 amide bonds. The Bertz CT molecular complexity index is 1350. The lowest BCUT2D eigenvalue weighted by Gasteiger charge is -2.32. The van der Waals surface area contributed by atoms with Crippen molar-refractivity contribution >= 4 is 49.8 Å². The molecule has 10 heteroatoms. The minimum Gasteiger partial charge on any atom is -0.288 e. The van der Waals surface area contributed by atoms with Gasteiger partial charge in [-0.25, -0.2) is 0 Å². The molecule has 1 aliphatic heterocycles. The van der Waals surface area contributed by atoms with Crippen molar-refractivity contribution in [2.75, 3.05) is 12.8 Å². The van der Waals surface area contributed by atoms with E-state index in [9.17, 15) is 21.6 Å². The first-order valence-electron chi connectivity index (χ1n) is 9.82. The second-order valence-corrected chi connectivity index (χ2v) is 10.5. The Morgan fingerprint density at radius 3 is 2.27 bits per heavy atom. The number of fused-ring (bicyclic) bond motifs is 1. The number of aliphatic imine (C=N–C) groups is 1. The molecule has 0 bridgehead atoms. The maximum atomic E-state index is 14.4. The highest BCUT2D eigenvalue weighted by atomic mass is 35.5. The van der Waals surface area contributed by atoms with E-state index in [0.717, 1.165) is 6.26 Å². The van der Waals surface area contributed by atoms with E-state index in [-0.39, 0.29) is 28.6 Å². The predicted molar refractivity (Wildman–Crippen MR) is 124 cm³/mol. The van der Waals surface area contributed by atoms with Crippen molar-refractivity contribution in [1.29, 1.82) is 0 Å². The largest absolute Gasteiger partial charge is 0.400 e. The van der Waals surface area contributed by atoms with Crippen LogP contribution in [0.25, 0.3) is 10.8 Å². The Balaban J connectivity index is 1.77.